The quantitative estimate of drug-likeness (QED) is 0.329. The van der Waals surface area contributed by atoms with Gasteiger partial charge in [-0.3, -0.25) is 4.79 Å². The lowest BCUT2D eigenvalue weighted by Crippen LogP contribution is -2.48. The topological polar surface area (TPSA) is 118 Å². The summed E-state index contributed by atoms with van der Waals surface area (Å²) in [7, 11) is 0. The normalized spacial score (nSPS) is 12.6. The van der Waals surface area contributed by atoms with Crippen LogP contribution < -0.4 is 0 Å². The molecule has 0 bridgehead atoms. The van der Waals surface area contributed by atoms with Crippen LogP contribution in [0.1, 0.15) is 53.4 Å². The highest BCUT2D eigenvalue weighted by Gasteiger charge is 2.50. The van der Waals surface area contributed by atoms with Crippen LogP contribution in [0.4, 0.5) is 0 Å². The molecule has 23 heavy (non-hydrogen) atoms. The second-order valence-electron chi connectivity index (χ2n) is 5.97. The molecule has 0 rings (SSSR count). The SMILES string of the molecule is CCC(S)(CC)C(CC)(CC)C(=O)O.OCC(CO)(CO)CO. The second kappa shape index (κ2) is 11.3. The Bertz CT molecular complexity index is 305. The molecule has 5 N–H and O–H groups in total. The van der Waals surface area contributed by atoms with Gasteiger partial charge in [0.1, 0.15) is 0 Å². The summed E-state index contributed by atoms with van der Waals surface area (Å²) in [6.45, 7) is 6.28. The number of hydrogen-bond donors (Lipinski definition) is 6. The van der Waals surface area contributed by atoms with Gasteiger partial charge in [-0.05, 0) is 25.7 Å². The highest BCUT2D eigenvalue weighted by Crippen LogP contribution is 2.47. The Labute approximate surface area is 145 Å². The van der Waals surface area contributed by atoms with Crippen LogP contribution in [0.5, 0.6) is 0 Å². The van der Waals surface area contributed by atoms with E-state index >= 15 is 0 Å². The van der Waals surface area contributed by atoms with Crippen LogP contribution in [0.2, 0.25) is 0 Å². The van der Waals surface area contributed by atoms with Crippen LogP contribution in [0, 0.1) is 10.8 Å². The first-order valence-electron chi connectivity index (χ1n) is 8.07. The van der Waals surface area contributed by atoms with Crippen molar-refractivity contribution in [2.45, 2.75) is 58.1 Å². The van der Waals surface area contributed by atoms with Gasteiger partial charge in [-0.25, -0.2) is 0 Å². The molecule has 0 aliphatic rings. The van der Waals surface area contributed by atoms with Crippen molar-refractivity contribution >= 4 is 18.6 Å². The zero-order valence-electron chi connectivity index (χ0n) is 14.7. The van der Waals surface area contributed by atoms with Crippen molar-refractivity contribution in [3.05, 3.63) is 0 Å². The summed E-state index contributed by atoms with van der Waals surface area (Å²) in [5, 5.41) is 43.4. The summed E-state index contributed by atoms with van der Waals surface area (Å²) in [6.07, 6.45) is 2.87. The predicted octanol–water partition coefficient (Wildman–Crippen LogP) is 1.31. The Morgan fingerprint density at radius 1 is 0.783 bits per heavy atom. The first-order chi connectivity index (χ1) is 10.7. The second-order valence-corrected chi connectivity index (χ2v) is 6.82. The molecule has 0 atom stereocenters. The lowest BCUT2D eigenvalue weighted by molar-refractivity contribution is -0.152. The molecule has 0 saturated carbocycles. The number of hydrogen-bond acceptors (Lipinski definition) is 6. The van der Waals surface area contributed by atoms with Crippen molar-refractivity contribution in [1.29, 1.82) is 0 Å². The van der Waals surface area contributed by atoms with E-state index in [2.05, 4.69) is 12.6 Å². The summed E-state index contributed by atoms with van der Waals surface area (Å²) in [5.41, 5.74) is -1.79. The average molecular weight is 355 g/mol. The van der Waals surface area contributed by atoms with E-state index in [0.717, 1.165) is 12.8 Å². The Balaban J connectivity index is 0. The molecule has 0 aromatic carbocycles. The molecule has 0 amide bonds. The molecule has 0 spiro atoms. The van der Waals surface area contributed by atoms with E-state index in [4.69, 9.17) is 20.4 Å². The fourth-order valence-electron chi connectivity index (χ4n) is 2.64. The van der Waals surface area contributed by atoms with Gasteiger partial charge in [0.2, 0.25) is 0 Å². The minimum Gasteiger partial charge on any atom is -0.481 e. The van der Waals surface area contributed by atoms with E-state index in [-0.39, 0.29) is 4.75 Å². The first kappa shape index (κ1) is 24.9. The third kappa shape index (κ3) is 5.60. The first-order valence-corrected chi connectivity index (χ1v) is 8.52. The highest BCUT2D eigenvalue weighted by molar-refractivity contribution is 7.81. The summed E-state index contributed by atoms with van der Waals surface area (Å²) in [6, 6.07) is 0. The Morgan fingerprint density at radius 3 is 1.13 bits per heavy atom. The van der Waals surface area contributed by atoms with Crippen LogP contribution in [0.3, 0.4) is 0 Å². The molecule has 7 heteroatoms. The van der Waals surface area contributed by atoms with Crippen molar-refractivity contribution in [2.75, 3.05) is 26.4 Å². The van der Waals surface area contributed by atoms with Gasteiger partial charge < -0.3 is 25.5 Å². The molecule has 0 aromatic heterocycles. The summed E-state index contributed by atoms with van der Waals surface area (Å²) in [5.74, 6) is -0.707. The minimum absolute atomic E-state index is 0.387. The van der Waals surface area contributed by atoms with E-state index in [9.17, 15) is 9.90 Å². The molecule has 0 heterocycles. The van der Waals surface area contributed by atoms with E-state index in [1.807, 2.05) is 27.7 Å². The molecule has 6 nitrogen and oxygen atoms in total. The van der Waals surface area contributed by atoms with Gasteiger partial charge >= 0.3 is 5.97 Å². The highest BCUT2D eigenvalue weighted by atomic mass is 32.1. The van der Waals surface area contributed by atoms with Crippen LogP contribution >= 0.6 is 12.6 Å². The standard InChI is InChI=1S/C11H22O2S.C5H12O4/c1-5-10(6-2,9(12)13)11(14,7-3)8-4;6-1-5(2-7,3-8)4-9/h14H,5-8H2,1-4H3,(H,12,13);6-9H,1-4H2. The van der Waals surface area contributed by atoms with Crippen LogP contribution in [-0.4, -0.2) is 62.7 Å². The molecule has 0 aliphatic heterocycles. The number of carboxylic acid groups (broad SMARTS) is 1. The van der Waals surface area contributed by atoms with E-state index in [0.29, 0.717) is 12.8 Å². The number of carbonyl (C=O) groups is 1. The Morgan fingerprint density at radius 2 is 1.09 bits per heavy atom. The average Bonchev–Trinajstić information content (AvgIpc) is 2.59. The lowest BCUT2D eigenvalue weighted by atomic mass is 9.68. The van der Waals surface area contributed by atoms with E-state index < -0.39 is 43.2 Å². The molecule has 140 valence electrons. The van der Waals surface area contributed by atoms with Crippen molar-refractivity contribution in [3.8, 4) is 0 Å². The number of aliphatic hydroxyl groups excluding tert-OH is 4. The molecule has 0 fully saturated rings. The monoisotopic (exact) mass is 354 g/mol. The van der Waals surface area contributed by atoms with Gasteiger partial charge in [-0.1, -0.05) is 27.7 Å². The zero-order chi connectivity index (χ0) is 18.7. The number of rotatable bonds is 10. The van der Waals surface area contributed by atoms with Crippen LogP contribution in [-0.2, 0) is 4.79 Å². The maximum Gasteiger partial charge on any atom is 0.311 e. The Kier molecular flexibility index (Phi) is 12.2. The zero-order valence-corrected chi connectivity index (χ0v) is 15.6. The molecular formula is C16H34O6S. The van der Waals surface area contributed by atoms with Crippen LogP contribution in [0.15, 0.2) is 0 Å². The molecule has 0 aromatic rings. The smallest absolute Gasteiger partial charge is 0.311 e. The van der Waals surface area contributed by atoms with Crippen molar-refractivity contribution < 1.29 is 30.3 Å². The maximum atomic E-state index is 11.4. The van der Waals surface area contributed by atoms with Crippen molar-refractivity contribution in [1.82, 2.24) is 0 Å². The molecule has 0 radical (unpaired) electrons. The number of carboxylic acids is 1. The molecule has 0 saturated heterocycles. The lowest BCUT2D eigenvalue weighted by Gasteiger charge is -2.43. The summed E-state index contributed by atoms with van der Waals surface area (Å²) < 4.78 is -0.387. The predicted molar refractivity (Wildman–Crippen MR) is 93.7 cm³/mol. The Hall–Kier alpha value is -0.340. The van der Waals surface area contributed by atoms with E-state index in [1.165, 1.54) is 0 Å². The summed E-state index contributed by atoms with van der Waals surface area (Å²) in [4.78, 5) is 11.4. The molecule has 0 unspecified atom stereocenters. The van der Waals surface area contributed by atoms with Gasteiger partial charge in [-0.15, -0.1) is 0 Å². The van der Waals surface area contributed by atoms with Gasteiger partial charge in [0.05, 0.1) is 37.3 Å². The fraction of sp³-hybridized carbons (Fsp3) is 0.938. The maximum absolute atomic E-state index is 11.4. The van der Waals surface area contributed by atoms with E-state index in [1.54, 1.807) is 0 Å². The number of aliphatic carboxylic acids is 1. The molecular weight excluding hydrogens is 320 g/mol. The fourth-order valence-corrected chi connectivity index (χ4v) is 3.05. The van der Waals surface area contributed by atoms with Crippen molar-refractivity contribution in [3.63, 3.8) is 0 Å². The third-order valence-electron chi connectivity index (χ3n) is 5.02. The van der Waals surface area contributed by atoms with Crippen molar-refractivity contribution in [2.24, 2.45) is 10.8 Å². The number of thiol groups is 1. The number of aliphatic hydroxyl groups is 4. The third-order valence-corrected chi connectivity index (χ3v) is 6.08. The largest absolute Gasteiger partial charge is 0.481 e. The van der Waals surface area contributed by atoms with Crippen LogP contribution in [0.25, 0.3) is 0 Å². The minimum atomic E-state index is -1.11. The summed E-state index contributed by atoms with van der Waals surface area (Å²) >= 11 is 4.62. The van der Waals surface area contributed by atoms with Gasteiger partial charge in [-0.2, -0.15) is 12.6 Å². The van der Waals surface area contributed by atoms with Gasteiger partial charge in [0.25, 0.3) is 0 Å². The van der Waals surface area contributed by atoms with Gasteiger partial charge in [0.15, 0.2) is 0 Å². The van der Waals surface area contributed by atoms with Gasteiger partial charge in [0, 0.05) is 4.75 Å². The molecule has 0 aliphatic carbocycles.